The Morgan fingerprint density at radius 1 is 1.28 bits per heavy atom. The van der Waals surface area contributed by atoms with Crippen molar-refractivity contribution in [3.8, 4) is 0 Å². The molecule has 1 aromatic carbocycles. The Hall–Kier alpha value is -1.60. The van der Waals surface area contributed by atoms with E-state index in [1.165, 1.54) is 12.1 Å². The predicted octanol–water partition coefficient (Wildman–Crippen LogP) is 2.77. The fourth-order valence-corrected chi connectivity index (χ4v) is 2.84. The normalized spacial score (nSPS) is 20.5. The first-order valence-corrected chi connectivity index (χ1v) is 8.41. The number of hydrogen-bond donors (Lipinski definition) is 2. The molecule has 1 heterocycles. The Morgan fingerprint density at radius 3 is 2.40 bits per heavy atom. The zero-order chi connectivity index (χ0) is 18.8. The lowest BCUT2D eigenvalue weighted by Gasteiger charge is -2.27. The first-order chi connectivity index (χ1) is 11.5. The van der Waals surface area contributed by atoms with Gasteiger partial charge >= 0.3 is 6.18 Å². The van der Waals surface area contributed by atoms with E-state index in [1.54, 1.807) is 0 Å². The Labute approximate surface area is 146 Å². The summed E-state index contributed by atoms with van der Waals surface area (Å²) in [6.45, 7) is 7.78. The maximum atomic E-state index is 12.6. The number of nitrogens with zero attached hydrogens (tertiary/aromatic N) is 1. The van der Waals surface area contributed by atoms with Crippen molar-refractivity contribution in [2.24, 2.45) is 11.1 Å². The van der Waals surface area contributed by atoms with Gasteiger partial charge in [0.1, 0.15) is 0 Å². The first kappa shape index (κ1) is 19.7. The second-order valence-corrected chi connectivity index (χ2v) is 7.77. The minimum absolute atomic E-state index is 0.0235. The molecule has 1 aromatic rings. The summed E-state index contributed by atoms with van der Waals surface area (Å²) < 4.78 is 37.8. The summed E-state index contributed by atoms with van der Waals surface area (Å²) in [7, 11) is 0. The number of carbonyl (C=O) groups excluding carboxylic acids is 1. The van der Waals surface area contributed by atoms with Crippen molar-refractivity contribution in [1.82, 2.24) is 10.2 Å². The number of nitrogens with two attached hydrogens (primary N) is 1. The largest absolute Gasteiger partial charge is 0.416 e. The maximum Gasteiger partial charge on any atom is 0.416 e. The van der Waals surface area contributed by atoms with E-state index < -0.39 is 17.8 Å². The molecule has 0 bridgehead atoms. The summed E-state index contributed by atoms with van der Waals surface area (Å²) in [5, 5.41) is 2.98. The van der Waals surface area contributed by atoms with Crippen LogP contribution in [0.15, 0.2) is 24.3 Å². The topological polar surface area (TPSA) is 58.4 Å². The number of benzene rings is 1. The van der Waals surface area contributed by atoms with Gasteiger partial charge in [-0.2, -0.15) is 13.2 Å². The molecule has 1 aliphatic rings. The average molecular weight is 357 g/mol. The van der Waals surface area contributed by atoms with Crippen molar-refractivity contribution in [2.45, 2.75) is 52.0 Å². The number of nitrogens with one attached hydrogen (secondary N) is 1. The Morgan fingerprint density at radius 2 is 1.88 bits per heavy atom. The lowest BCUT2D eigenvalue weighted by Crippen LogP contribution is -2.51. The smallest absolute Gasteiger partial charge is 0.351 e. The van der Waals surface area contributed by atoms with Crippen molar-refractivity contribution in [1.29, 1.82) is 0 Å². The predicted molar refractivity (Wildman–Crippen MR) is 90.7 cm³/mol. The molecule has 1 aliphatic heterocycles. The Bertz CT molecular complexity index is 593. The third kappa shape index (κ3) is 5.44. The number of hydrogen-bond acceptors (Lipinski definition) is 3. The van der Waals surface area contributed by atoms with Gasteiger partial charge in [0.2, 0.25) is 5.91 Å². The van der Waals surface area contributed by atoms with Crippen molar-refractivity contribution in [2.75, 3.05) is 13.1 Å². The molecule has 3 N–H and O–H groups in total. The first-order valence-electron chi connectivity index (χ1n) is 8.41. The summed E-state index contributed by atoms with van der Waals surface area (Å²) in [6.07, 6.45) is -3.50. The highest BCUT2D eigenvalue weighted by atomic mass is 19.4. The summed E-state index contributed by atoms with van der Waals surface area (Å²) in [5.74, 6) is -0.158. The molecule has 1 saturated heterocycles. The van der Waals surface area contributed by atoms with Crippen molar-refractivity contribution >= 4 is 5.91 Å². The Balaban J connectivity index is 1.86. The lowest BCUT2D eigenvalue weighted by molar-refractivity contribution is -0.137. The van der Waals surface area contributed by atoms with Crippen LogP contribution in [0.1, 0.15) is 38.3 Å². The molecular formula is C18H26F3N3O. The highest BCUT2D eigenvalue weighted by Gasteiger charge is 2.32. The zero-order valence-corrected chi connectivity index (χ0v) is 14.9. The third-order valence-corrected chi connectivity index (χ3v) is 4.52. The number of amides is 1. The highest BCUT2D eigenvalue weighted by molar-refractivity contribution is 5.82. The molecule has 4 nitrogen and oxygen atoms in total. The van der Waals surface area contributed by atoms with Crippen molar-refractivity contribution in [3.05, 3.63) is 35.4 Å². The van der Waals surface area contributed by atoms with Gasteiger partial charge in [-0.3, -0.25) is 9.69 Å². The molecule has 140 valence electrons. The standard InChI is InChI=1S/C18H26F3N3O/c1-17(2,3)15(22)16(25)23-14-8-9-24(11-14)10-12-4-6-13(7-5-12)18(19,20)21/h4-7,14-15H,8-11,22H2,1-3H3,(H,23,25)/t14?,15-/m1/s1. The van der Waals surface area contributed by atoms with Crippen LogP contribution in [0.3, 0.4) is 0 Å². The minimum atomic E-state index is -4.31. The van der Waals surface area contributed by atoms with Crippen LogP contribution in [-0.2, 0) is 17.5 Å². The number of rotatable bonds is 4. The molecule has 0 aliphatic carbocycles. The second kappa shape index (κ2) is 7.33. The van der Waals surface area contributed by atoms with E-state index in [2.05, 4.69) is 10.2 Å². The van der Waals surface area contributed by atoms with Crippen LogP contribution < -0.4 is 11.1 Å². The molecule has 2 rings (SSSR count). The average Bonchev–Trinajstić information content (AvgIpc) is 2.92. The van der Waals surface area contributed by atoms with Gasteiger partial charge in [0.25, 0.3) is 0 Å². The van der Waals surface area contributed by atoms with Gasteiger partial charge < -0.3 is 11.1 Å². The van der Waals surface area contributed by atoms with Crippen LogP contribution in [0.2, 0.25) is 0 Å². The summed E-state index contributed by atoms with van der Waals surface area (Å²) >= 11 is 0. The molecule has 7 heteroatoms. The van der Waals surface area contributed by atoms with Gasteiger partial charge in [0.05, 0.1) is 11.6 Å². The van der Waals surface area contributed by atoms with E-state index in [1.807, 2.05) is 20.8 Å². The molecule has 1 unspecified atom stereocenters. The van der Waals surface area contributed by atoms with Crippen LogP contribution in [0.5, 0.6) is 0 Å². The van der Waals surface area contributed by atoms with Crippen LogP contribution >= 0.6 is 0 Å². The highest BCUT2D eigenvalue weighted by Crippen LogP contribution is 2.29. The van der Waals surface area contributed by atoms with Gasteiger partial charge in [-0.05, 0) is 29.5 Å². The van der Waals surface area contributed by atoms with E-state index in [9.17, 15) is 18.0 Å². The summed E-state index contributed by atoms with van der Waals surface area (Å²) in [4.78, 5) is 14.3. The number of likely N-dealkylation sites (tertiary alicyclic amines) is 1. The lowest BCUT2D eigenvalue weighted by atomic mass is 9.87. The van der Waals surface area contributed by atoms with Crippen LogP contribution in [0.25, 0.3) is 0 Å². The van der Waals surface area contributed by atoms with Crippen molar-refractivity contribution in [3.63, 3.8) is 0 Å². The van der Waals surface area contributed by atoms with E-state index in [-0.39, 0.29) is 17.4 Å². The molecule has 0 saturated carbocycles. The van der Waals surface area contributed by atoms with Gasteiger partial charge in [0, 0.05) is 25.7 Å². The maximum absolute atomic E-state index is 12.6. The van der Waals surface area contributed by atoms with Gasteiger partial charge in [-0.15, -0.1) is 0 Å². The van der Waals surface area contributed by atoms with E-state index >= 15 is 0 Å². The molecular weight excluding hydrogens is 331 g/mol. The minimum Gasteiger partial charge on any atom is -0.351 e. The second-order valence-electron chi connectivity index (χ2n) is 7.77. The fraction of sp³-hybridized carbons (Fsp3) is 0.611. The summed E-state index contributed by atoms with van der Waals surface area (Å²) in [6, 6.07) is 4.67. The molecule has 1 fully saturated rings. The molecule has 0 radical (unpaired) electrons. The quantitative estimate of drug-likeness (QED) is 0.871. The van der Waals surface area contributed by atoms with E-state index in [4.69, 9.17) is 5.73 Å². The molecule has 0 aromatic heterocycles. The zero-order valence-electron chi connectivity index (χ0n) is 14.9. The van der Waals surface area contributed by atoms with Crippen molar-refractivity contribution < 1.29 is 18.0 Å². The van der Waals surface area contributed by atoms with Gasteiger partial charge in [0.15, 0.2) is 0 Å². The number of alkyl halides is 3. The van der Waals surface area contributed by atoms with Crippen LogP contribution in [0, 0.1) is 5.41 Å². The van der Waals surface area contributed by atoms with Crippen LogP contribution in [-0.4, -0.2) is 36.0 Å². The fourth-order valence-electron chi connectivity index (χ4n) is 2.84. The summed E-state index contributed by atoms with van der Waals surface area (Å²) in [5.41, 5.74) is 5.84. The third-order valence-electron chi connectivity index (χ3n) is 4.52. The van der Waals surface area contributed by atoms with Gasteiger partial charge in [-0.25, -0.2) is 0 Å². The van der Waals surface area contributed by atoms with Gasteiger partial charge in [-0.1, -0.05) is 32.9 Å². The molecule has 25 heavy (non-hydrogen) atoms. The SMILES string of the molecule is CC(C)(C)[C@H](N)C(=O)NC1CCN(Cc2ccc(C(F)(F)F)cc2)C1. The molecule has 1 amide bonds. The van der Waals surface area contributed by atoms with E-state index in [0.29, 0.717) is 13.1 Å². The molecule has 0 spiro atoms. The van der Waals surface area contributed by atoms with Crippen LogP contribution in [0.4, 0.5) is 13.2 Å². The monoisotopic (exact) mass is 357 g/mol. The molecule has 2 atom stereocenters. The Kier molecular flexibility index (Phi) is 5.79. The number of carbonyl (C=O) groups is 1. The number of halogens is 3. The van der Waals surface area contributed by atoms with E-state index in [0.717, 1.165) is 30.7 Å².